The van der Waals surface area contributed by atoms with E-state index in [0.29, 0.717) is 13.0 Å². The summed E-state index contributed by atoms with van der Waals surface area (Å²) in [6, 6.07) is 0. The van der Waals surface area contributed by atoms with E-state index in [-0.39, 0.29) is 6.79 Å². The lowest BCUT2D eigenvalue weighted by Crippen LogP contribution is -2.30. The first-order valence-electron chi connectivity index (χ1n) is 2.73. The van der Waals surface area contributed by atoms with Gasteiger partial charge in [0, 0.05) is 6.42 Å². The highest BCUT2D eigenvalue weighted by Crippen LogP contribution is 2.04. The molecular weight excluding hydrogens is 124 g/mol. The van der Waals surface area contributed by atoms with Crippen LogP contribution in [-0.2, 0) is 14.3 Å². The normalized spacial score (nSPS) is 27.8. The van der Waals surface area contributed by atoms with Gasteiger partial charge >= 0.3 is 5.97 Å². The van der Waals surface area contributed by atoms with E-state index in [4.69, 9.17) is 14.6 Å². The minimum atomic E-state index is -0.904. The Bertz CT molecular complexity index is 106. The van der Waals surface area contributed by atoms with Crippen molar-refractivity contribution >= 4 is 5.97 Å². The highest BCUT2D eigenvalue weighted by atomic mass is 16.7. The second kappa shape index (κ2) is 2.80. The van der Waals surface area contributed by atoms with Crippen LogP contribution in [0.2, 0.25) is 0 Å². The van der Waals surface area contributed by atoms with Gasteiger partial charge < -0.3 is 14.6 Å². The van der Waals surface area contributed by atoms with E-state index in [9.17, 15) is 4.79 Å². The van der Waals surface area contributed by atoms with E-state index < -0.39 is 12.1 Å². The van der Waals surface area contributed by atoms with Gasteiger partial charge in [-0.15, -0.1) is 0 Å². The molecule has 1 saturated heterocycles. The minimum absolute atomic E-state index is 0.108. The predicted molar refractivity (Wildman–Crippen MR) is 27.9 cm³/mol. The summed E-state index contributed by atoms with van der Waals surface area (Å²) >= 11 is 0. The van der Waals surface area contributed by atoms with Crippen molar-refractivity contribution in [1.82, 2.24) is 0 Å². The Morgan fingerprint density at radius 1 is 1.67 bits per heavy atom. The zero-order chi connectivity index (χ0) is 6.69. The molecule has 0 aromatic rings. The van der Waals surface area contributed by atoms with Crippen LogP contribution in [-0.4, -0.2) is 30.6 Å². The molecule has 1 unspecified atom stereocenters. The molecule has 1 atom stereocenters. The molecular formula is C5H8O4. The Morgan fingerprint density at radius 3 is 2.78 bits per heavy atom. The Kier molecular flexibility index (Phi) is 2.02. The smallest absolute Gasteiger partial charge is 0.333 e. The van der Waals surface area contributed by atoms with Gasteiger partial charge in [-0.3, -0.25) is 0 Å². The SMILES string of the molecule is O=C(O)C1CCOCO1. The van der Waals surface area contributed by atoms with E-state index in [1.807, 2.05) is 0 Å². The maximum absolute atomic E-state index is 10.2. The van der Waals surface area contributed by atoms with E-state index in [0.717, 1.165) is 0 Å². The van der Waals surface area contributed by atoms with Gasteiger partial charge in [-0.1, -0.05) is 0 Å². The Hall–Kier alpha value is -0.610. The fraction of sp³-hybridized carbons (Fsp3) is 0.800. The van der Waals surface area contributed by atoms with Crippen molar-refractivity contribution in [3.05, 3.63) is 0 Å². The predicted octanol–water partition coefficient (Wildman–Crippen LogP) is -0.166. The minimum Gasteiger partial charge on any atom is -0.479 e. The van der Waals surface area contributed by atoms with Gasteiger partial charge in [-0.2, -0.15) is 0 Å². The third kappa shape index (κ3) is 1.65. The molecule has 1 heterocycles. The van der Waals surface area contributed by atoms with Gasteiger partial charge in [0.15, 0.2) is 6.10 Å². The summed E-state index contributed by atoms with van der Waals surface area (Å²) < 4.78 is 9.48. The molecule has 4 heteroatoms. The topological polar surface area (TPSA) is 55.8 Å². The molecule has 0 aromatic heterocycles. The van der Waals surface area contributed by atoms with Crippen LogP contribution in [0.15, 0.2) is 0 Å². The first-order valence-corrected chi connectivity index (χ1v) is 2.73. The van der Waals surface area contributed by atoms with Crippen molar-refractivity contribution in [2.24, 2.45) is 0 Å². The molecule has 1 aliphatic rings. The fourth-order valence-electron chi connectivity index (χ4n) is 0.658. The summed E-state index contributed by atoms with van der Waals surface area (Å²) in [4.78, 5) is 10.2. The molecule has 4 nitrogen and oxygen atoms in total. The first-order chi connectivity index (χ1) is 4.30. The molecule has 0 aromatic carbocycles. The molecule has 0 saturated carbocycles. The number of hydrogen-bond acceptors (Lipinski definition) is 3. The fourth-order valence-corrected chi connectivity index (χ4v) is 0.658. The number of carbonyl (C=O) groups is 1. The number of carboxylic acids is 1. The molecule has 0 radical (unpaired) electrons. The van der Waals surface area contributed by atoms with Crippen LogP contribution in [0.5, 0.6) is 0 Å². The van der Waals surface area contributed by atoms with E-state index in [1.165, 1.54) is 0 Å². The summed E-state index contributed by atoms with van der Waals surface area (Å²) in [7, 11) is 0. The first kappa shape index (κ1) is 6.51. The molecule has 0 spiro atoms. The molecule has 0 bridgehead atoms. The average molecular weight is 132 g/mol. The van der Waals surface area contributed by atoms with E-state index in [2.05, 4.69) is 0 Å². The summed E-state index contributed by atoms with van der Waals surface area (Å²) in [5, 5.41) is 8.36. The van der Waals surface area contributed by atoms with Gasteiger partial charge in [-0.05, 0) is 0 Å². The molecule has 1 aliphatic heterocycles. The van der Waals surface area contributed by atoms with Crippen molar-refractivity contribution in [2.45, 2.75) is 12.5 Å². The Balaban J connectivity index is 2.31. The highest BCUT2D eigenvalue weighted by molar-refractivity contribution is 5.72. The van der Waals surface area contributed by atoms with E-state index in [1.54, 1.807) is 0 Å². The molecule has 0 aliphatic carbocycles. The number of rotatable bonds is 1. The van der Waals surface area contributed by atoms with Gasteiger partial charge in [0.2, 0.25) is 0 Å². The summed E-state index contributed by atoms with van der Waals surface area (Å²) in [6.45, 7) is 0.591. The van der Waals surface area contributed by atoms with Crippen LogP contribution in [0.3, 0.4) is 0 Å². The van der Waals surface area contributed by atoms with Crippen LogP contribution in [0.25, 0.3) is 0 Å². The Labute approximate surface area is 52.4 Å². The molecule has 1 rings (SSSR count). The van der Waals surface area contributed by atoms with Crippen molar-refractivity contribution in [2.75, 3.05) is 13.4 Å². The monoisotopic (exact) mass is 132 g/mol. The lowest BCUT2D eigenvalue weighted by atomic mass is 10.2. The molecule has 52 valence electrons. The number of hydrogen-bond donors (Lipinski definition) is 1. The number of aliphatic carboxylic acids is 1. The maximum atomic E-state index is 10.2. The summed E-state index contributed by atoms with van der Waals surface area (Å²) in [6.07, 6.45) is -0.200. The van der Waals surface area contributed by atoms with E-state index >= 15 is 0 Å². The van der Waals surface area contributed by atoms with Crippen molar-refractivity contribution in [3.8, 4) is 0 Å². The zero-order valence-electron chi connectivity index (χ0n) is 4.87. The third-order valence-electron chi connectivity index (χ3n) is 1.15. The average Bonchev–Trinajstić information content (AvgIpc) is 1.90. The lowest BCUT2D eigenvalue weighted by Gasteiger charge is -2.18. The quantitative estimate of drug-likeness (QED) is 0.538. The maximum Gasteiger partial charge on any atom is 0.333 e. The standard InChI is InChI=1S/C5H8O4/c6-5(7)4-1-2-8-3-9-4/h4H,1-3H2,(H,6,7). The highest BCUT2D eigenvalue weighted by Gasteiger charge is 2.20. The third-order valence-corrected chi connectivity index (χ3v) is 1.15. The van der Waals surface area contributed by atoms with Crippen molar-refractivity contribution < 1.29 is 19.4 Å². The number of ether oxygens (including phenoxy) is 2. The van der Waals surface area contributed by atoms with Gasteiger partial charge in [-0.25, -0.2) is 4.79 Å². The molecule has 1 fully saturated rings. The molecule has 1 N–H and O–H groups in total. The van der Waals surface area contributed by atoms with Gasteiger partial charge in [0.1, 0.15) is 6.79 Å². The van der Waals surface area contributed by atoms with Crippen LogP contribution in [0.1, 0.15) is 6.42 Å². The summed E-state index contributed by atoms with van der Waals surface area (Å²) in [5.74, 6) is -0.904. The lowest BCUT2D eigenvalue weighted by molar-refractivity contribution is -0.177. The van der Waals surface area contributed by atoms with Crippen LogP contribution in [0.4, 0.5) is 0 Å². The zero-order valence-corrected chi connectivity index (χ0v) is 4.87. The second-order valence-corrected chi connectivity index (χ2v) is 1.81. The van der Waals surface area contributed by atoms with Crippen LogP contribution < -0.4 is 0 Å². The van der Waals surface area contributed by atoms with Crippen LogP contribution >= 0.6 is 0 Å². The van der Waals surface area contributed by atoms with Crippen molar-refractivity contribution in [1.29, 1.82) is 0 Å². The second-order valence-electron chi connectivity index (χ2n) is 1.81. The summed E-state index contributed by atoms with van der Waals surface area (Å²) in [5.41, 5.74) is 0. The Morgan fingerprint density at radius 2 is 2.44 bits per heavy atom. The van der Waals surface area contributed by atoms with Gasteiger partial charge in [0.05, 0.1) is 6.61 Å². The van der Waals surface area contributed by atoms with Crippen LogP contribution in [0, 0.1) is 0 Å². The largest absolute Gasteiger partial charge is 0.479 e. The number of carboxylic acid groups (broad SMARTS) is 1. The van der Waals surface area contributed by atoms with Crippen molar-refractivity contribution in [3.63, 3.8) is 0 Å². The van der Waals surface area contributed by atoms with Gasteiger partial charge in [0.25, 0.3) is 0 Å². The molecule has 0 amide bonds. The molecule has 9 heavy (non-hydrogen) atoms.